The quantitative estimate of drug-likeness (QED) is 0.419. The van der Waals surface area contributed by atoms with Gasteiger partial charge in [0.25, 0.3) is 0 Å². The summed E-state index contributed by atoms with van der Waals surface area (Å²) in [5.41, 5.74) is 0.765. The maximum absolute atomic E-state index is 13.2. The lowest BCUT2D eigenvalue weighted by molar-refractivity contribution is 0.564. The second kappa shape index (κ2) is 6.40. The van der Waals surface area contributed by atoms with Gasteiger partial charge in [0.15, 0.2) is 0 Å². The number of benzene rings is 1. The molecule has 0 aliphatic rings. The highest BCUT2D eigenvalue weighted by atomic mass is 127. The molecule has 0 nitrogen and oxygen atoms in total. The lowest BCUT2D eigenvalue weighted by Crippen LogP contribution is -1.94. The standard InChI is InChI=1S/C12H15F2I/c1-2-3-4-5-6-9-7-10(13)12(15)11(14)8-9/h7-8H,2-6H2,1H3. The van der Waals surface area contributed by atoms with Crippen molar-refractivity contribution in [1.29, 1.82) is 0 Å². The lowest BCUT2D eigenvalue weighted by Gasteiger charge is -2.03. The molecule has 0 heterocycles. The summed E-state index contributed by atoms with van der Waals surface area (Å²) in [4.78, 5) is 0. The van der Waals surface area contributed by atoms with E-state index in [0.29, 0.717) is 0 Å². The molecule has 0 atom stereocenters. The highest BCUT2D eigenvalue weighted by molar-refractivity contribution is 14.1. The zero-order valence-corrected chi connectivity index (χ0v) is 11.0. The van der Waals surface area contributed by atoms with Crippen LogP contribution in [0.2, 0.25) is 0 Å². The van der Waals surface area contributed by atoms with Crippen molar-refractivity contribution < 1.29 is 8.78 Å². The van der Waals surface area contributed by atoms with E-state index in [0.717, 1.165) is 24.8 Å². The predicted molar refractivity (Wildman–Crippen MR) is 66.9 cm³/mol. The Balaban J connectivity index is 2.55. The molecule has 0 N–H and O–H groups in total. The fourth-order valence-corrected chi connectivity index (χ4v) is 1.82. The number of hydrogen-bond donors (Lipinski definition) is 0. The van der Waals surface area contributed by atoms with Crippen LogP contribution in [0, 0.1) is 15.2 Å². The van der Waals surface area contributed by atoms with Crippen LogP contribution in [-0.4, -0.2) is 0 Å². The Morgan fingerprint density at radius 3 is 2.20 bits per heavy atom. The molecule has 15 heavy (non-hydrogen) atoms. The summed E-state index contributed by atoms with van der Waals surface area (Å²) in [6.45, 7) is 2.14. The van der Waals surface area contributed by atoms with Crippen LogP contribution in [0.3, 0.4) is 0 Å². The number of rotatable bonds is 5. The summed E-state index contributed by atoms with van der Waals surface area (Å²) in [5.74, 6) is -0.887. The topological polar surface area (TPSA) is 0 Å². The third-order valence-corrected chi connectivity index (χ3v) is 3.39. The summed E-state index contributed by atoms with van der Waals surface area (Å²) in [5, 5.41) is 0. The van der Waals surface area contributed by atoms with E-state index in [-0.39, 0.29) is 3.57 Å². The van der Waals surface area contributed by atoms with E-state index in [1.807, 2.05) is 0 Å². The minimum Gasteiger partial charge on any atom is -0.206 e. The molecule has 0 radical (unpaired) electrons. The average Bonchev–Trinajstić information content (AvgIpc) is 2.21. The summed E-state index contributed by atoms with van der Waals surface area (Å²) in [6, 6.07) is 2.88. The second-order valence-corrected chi connectivity index (χ2v) is 4.76. The van der Waals surface area contributed by atoms with Crippen molar-refractivity contribution in [3.63, 3.8) is 0 Å². The average molecular weight is 324 g/mol. The molecule has 1 aromatic rings. The molecule has 0 bridgehead atoms. The molecule has 1 rings (SSSR count). The van der Waals surface area contributed by atoms with Crippen LogP contribution in [0.4, 0.5) is 8.78 Å². The van der Waals surface area contributed by atoms with Crippen molar-refractivity contribution >= 4 is 22.6 Å². The van der Waals surface area contributed by atoms with Crippen LogP contribution < -0.4 is 0 Å². The maximum atomic E-state index is 13.2. The van der Waals surface area contributed by atoms with Crippen LogP contribution in [0.5, 0.6) is 0 Å². The maximum Gasteiger partial charge on any atom is 0.139 e. The molecular formula is C12H15F2I. The highest BCUT2D eigenvalue weighted by Crippen LogP contribution is 2.18. The van der Waals surface area contributed by atoms with E-state index < -0.39 is 11.6 Å². The summed E-state index contributed by atoms with van der Waals surface area (Å²) >= 11 is 1.69. The Labute approximate surface area is 103 Å². The van der Waals surface area contributed by atoms with E-state index in [1.54, 1.807) is 22.6 Å². The molecule has 0 aromatic heterocycles. The smallest absolute Gasteiger partial charge is 0.139 e. The van der Waals surface area contributed by atoms with Crippen molar-refractivity contribution in [1.82, 2.24) is 0 Å². The Morgan fingerprint density at radius 2 is 1.67 bits per heavy atom. The fourth-order valence-electron chi connectivity index (χ4n) is 1.51. The Bertz CT molecular complexity index is 300. The third-order valence-electron chi connectivity index (χ3n) is 2.36. The van der Waals surface area contributed by atoms with Crippen molar-refractivity contribution in [2.45, 2.75) is 39.0 Å². The minimum atomic E-state index is -0.443. The predicted octanol–water partition coefficient (Wildman–Crippen LogP) is 4.69. The van der Waals surface area contributed by atoms with E-state index >= 15 is 0 Å². The fraction of sp³-hybridized carbons (Fsp3) is 0.500. The van der Waals surface area contributed by atoms with Gasteiger partial charge in [-0.3, -0.25) is 0 Å². The first-order valence-electron chi connectivity index (χ1n) is 5.28. The van der Waals surface area contributed by atoms with Crippen LogP contribution >= 0.6 is 22.6 Å². The third kappa shape index (κ3) is 4.05. The number of halogens is 3. The molecule has 1 aromatic carbocycles. The van der Waals surface area contributed by atoms with E-state index in [4.69, 9.17) is 0 Å². The molecule has 3 heteroatoms. The van der Waals surface area contributed by atoms with Crippen LogP contribution in [0.1, 0.15) is 38.2 Å². The largest absolute Gasteiger partial charge is 0.206 e. The Morgan fingerprint density at radius 1 is 1.07 bits per heavy atom. The van der Waals surface area contributed by atoms with Crippen LogP contribution in [0.25, 0.3) is 0 Å². The summed E-state index contributed by atoms with van der Waals surface area (Å²) in [7, 11) is 0. The van der Waals surface area contributed by atoms with Crippen molar-refractivity contribution in [2.75, 3.05) is 0 Å². The first-order chi connectivity index (χ1) is 7.15. The second-order valence-electron chi connectivity index (χ2n) is 3.68. The van der Waals surface area contributed by atoms with Gasteiger partial charge in [-0.2, -0.15) is 0 Å². The molecule has 0 saturated heterocycles. The zero-order chi connectivity index (χ0) is 11.3. The summed E-state index contributed by atoms with van der Waals surface area (Å²) in [6.07, 6.45) is 5.27. The minimum absolute atomic E-state index is 0.0879. The van der Waals surface area contributed by atoms with Gasteiger partial charge in [-0.1, -0.05) is 26.2 Å². The van der Waals surface area contributed by atoms with Gasteiger partial charge in [-0.15, -0.1) is 0 Å². The van der Waals surface area contributed by atoms with Gasteiger partial charge in [0.1, 0.15) is 11.6 Å². The molecule has 0 aliphatic carbocycles. The van der Waals surface area contributed by atoms with Crippen LogP contribution in [-0.2, 0) is 6.42 Å². The van der Waals surface area contributed by atoms with Crippen molar-refractivity contribution in [3.05, 3.63) is 32.9 Å². The molecule has 0 fully saturated rings. The monoisotopic (exact) mass is 324 g/mol. The normalized spacial score (nSPS) is 10.7. The van der Waals surface area contributed by atoms with Gasteiger partial charge in [0.05, 0.1) is 3.57 Å². The Kier molecular flexibility index (Phi) is 5.50. The van der Waals surface area contributed by atoms with E-state index in [2.05, 4.69) is 6.92 Å². The Hall–Kier alpha value is -0.190. The van der Waals surface area contributed by atoms with Gasteiger partial charge < -0.3 is 0 Å². The van der Waals surface area contributed by atoms with Gasteiger partial charge >= 0.3 is 0 Å². The zero-order valence-electron chi connectivity index (χ0n) is 8.82. The molecule has 0 unspecified atom stereocenters. The van der Waals surface area contributed by atoms with Crippen molar-refractivity contribution in [2.24, 2.45) is 0 Å². The van der Waals surface area contributed by atoms with E-state index in [9.17, 15) is 8.78 Å². The molecule has 0 aliphatic heterocycles. The molecule has 0 spiro atoms. The highest BCUT2D eigenvalue weighted by Gasteiger charge is 2.07. The number of unbranched alkanes of at least 4 members (excludes halogenated alkanes) is 3. The lowest BCUT2D eigenvalue weighted by atomic mass is 10.1. The number of hydrogen-bond acceptors (Lipinski definition) is 0. The molecular weight excluding hydrogens is 309 g/mol. The van der Waals surface area contributed by atoms with Gasteiger partial charge in [0, 0.05) is 0 Å². The van der Waals surface area contributed by atoms with Crippen LogP contribution in [0.15, 0.2) is 12.1 Å². The number of aryl methyl sites for hydroxylation is 1. The molecule has 0 amide bonds. The molecule has 0 saturated carbocycles. The van der Waals surface area contributed by atoms with E-state index in [1.165, 1.54) is 25.0 Å². The van der Waals surface area contributed by atoms with Gasteiger partial charge in [-0.25, -0.2) is 8.78 Å². The first-order valence-corrected chi connectivity index (χ1v) is 6.36. The first kappa shape index (κ1) is 12.9. The van der Waals surface area contributed by atoms with Crippen molar-refractivity contribution in [3.8, 4) is 0 Å². The summed E-state index contributed by atoms with van der Waals surface area (Å²) < 4.78 is 26.4. The SMILES string of the molecule is CCCCCCc1cc(F)c(I)c(F)c1. The molecule has 84 valence electrons. The van der Waals surface area contributed by atoms with Gasteiger partial charge in [-0.05, 0) is 53.1 Å². The van der Waals surface area contributed by atoms with Gasteiger partial charge in [0.2, 0.25) is 0 Å².